The molecule has 140 valence electrons. The number of nitrogens with zero attached hydrogens (tertiary/aromatic N) is 3. The number of nitrogens with one attached hydrogen (secondary N) is 1. The largest absolute Gasteiger partial charge is 0.329 e. The number of para-hydroxylation sites is 3. The van der Waals surface area contributed by atoms with Gasteiger partial charge < -0.3 is 14.5 Å². The molecule has 0 saturated carbocycles. The second-order valence-corrected chi connectivity index (χ2v) is 7.27. The smallest absolute Gasteiger partial charge is 0.255 e. The zero-order valence-corrected chi connectivity index (χ0v) is 15.6. The van der Waals surface area contributed by atoms with Gasteiger partial charge in [0.15, 0.2) is 0 Å². The Bertz CT molecular complexity index is 1270. The van der Waals surface area contributed by atoms with Gasteiger partial charge in [-0.15, -0.1) is 0 Å². The number of H-pyrrole nitrogens is 1. The topological polar surface area (TPSA) is 71.0 Å². The number of benzene rings is 2. The number of pyridine rings is 1. The molecule has 1 fully saturated rings. The van der Waals surface area contributed by atoms with Crippen molar-refractivity contribution in [2.75, 3.05) is 6.54 Å². The van der Waals surface area contributed by atoms with Crippen LogP contribution in [0, 0.1) is 0 Å². The van der Waals surface area contributed by atoms with Crippen molar-refractivity contribution in [2.45, 2.75) is 18.9 Å². The molecule has 0 bridgehead atoms. The zero-order valence-electron chi connectivity index (χ0n) is 15.6. The molecule has 1 amide bonds. The fourth-order valence-electron chi connectivity index (χ4n) is 4.28. The summed E-state index contributed by atoms with van der Waals surface area (Å²) in [4.78, 5) is 35.0. The number of aromatic nitrogens is 3. The lowest BCUT2D eigenvalue weighted by Crippen LogP contribution is -2.32. The van der Waals surface area contributed by atoms with Crippen LogP contribution in [0.15, 0.2) is 59.4 Å². The molecule has 2 aromatic heterocycles. The Kier molecular flexibility index (Phi) is 3.79. The Morgan fingerprint density at radius 3 is 2.79 bits per heavy atom. The maximum atomic E-state index is 13.5. The third-order valence-electron chi connectivity index (χ3n) is 5.61. The fourth-order valence-corrected chi connectivity index (χ4v) is 4.28. The van der Waals surface area contributed by atoms with E-state index in [1.165, 1.54) is 6.07 Å². The maximum Gasteiger partial charge on any atom is 0.255 e. The van der Waals surface area contributed by atoms with E-state index in [-0.39, 0.29) is 17.5 Å². The first-order chi connectivity index (χ1) is 13.6. The molecule has 6 nitrogen and oxygen atoms in total. The van der Waals surface area contributed by atoms with Crippen LogP contribution < -0.4 is 5.56 Å². The van der Waals surface area contributed by atoms with Crippen LogP contribution in [0.2, 0.25) is 0 Å². The van der Waals surface area contributed by atoms with E-state index >= 15 is 0 Å². The summed E-state index contributed by atoms with van der Waals surface area (Å²) in [7, 11) is 1.99. The number of carbonyl (C=O) groups is 1. The third kappa shape index (κ3) is 2.52. The van der Waals surface area contributed by atoms with Crippen LogP contribution in [0.25, 0.3) is 21.9 Å². The van der Waals surface area contributed by atoms with Crippen LogP contribution >= 0.6 is 0 Å². The number of imidazole rings is 1. The highest BCUT2D eigenvalue weighted by molar-refractivity contribution is 6.06. The van der Waals surface area contributed by atoms with Gasteiger partial charge in [-0.05, 0) is 31.0 Å². The van der Waals surface area contributed by atoms with Gasteiger partial charge >= 0.3 is 0 Å². The van der Waals surface area contributed by atoms with Gasteiger partial charge in [0.1, 0.15) is 5.82 Å². The predicted octanol–water partition coefficient (Wildman–Crippen LogP) is 3.39. The van der Waals surface area contributed by atoms with E-state index in [4.69, 9.17) is 4.98 Å². The van der Waals surface area contributed by atoms with Gasteiger partial charge in [-0.1, -0.05) is 30.3 Å². The highest BCUT2D eigenvalue weighted by Crippen LogP contribution is 2.34. The molecule has 28 heavy (non-hydrogen) atoms. The lowest BCUT2D eigenvalue weighted by Gasteiger charge is -2.25. The van der Waals surface area contributed by atoms with Crippen molar-refractivity contribution in [3.05, 3.63) is 76.3 Å². The van der Waals surface area contributed by atoms with Crippen molar-refractivity contribution in [1.82, 2.24) is 19.4 Å². The first-order valence-corrected chi connectivity index (χ1v) is 9.48. The van der Waals surface area contributed by atoms with E-state index in [1.54, 1.807) is 0 Å². The number of fused-ring (bicyclic) bond motifs is 2. The molecule has 0 unspecified atom stereocenters. The van der Waals surface area contributed by atoms with E-state index < -0.39 is 0 Å². The number of amides is 1. The number of likely N-dealkylation sites (tertiary alicyclic amines) is 1. The van der Waals surface area contributed by atoms with Crippen LogP contribution in [0.5, 0.6) is 0 Å². The molecule has 1 N–H and O–H groups in total. The molecule has 1 aliphatic heterocycles. The molecule has 2 aromatic carbocycles. The van der Waals surface area contributed by atoms with Crippen molar-refractivity contribution in [3.63, 3.8) is 0 Å². The summed E-state index contributed by atoms with van der Waals surface area (Å²) in [5.41, 5.74) is 2.85. The second-order valence-electron chi connectivity index (χ2n) is 7.27. The third-order valence-corrected chi connectivity index (χ3v) is 5.61. The van der Waals surface area contributed by atoms with Gasteiger partial charge in [0.05, 0.1) is 22.6 Å². The van der Waals surface area contributed by atoms with Gasteiger partial charge in [0.2, 0.25) is 5.56 Å². The normalized spacial score (nSPS) is 16.9. The van der Waals surface area contributed by atoms with E-state index in [1.807, 2.05) is 60.5 Å². The molecule has 0 spiro atoms. The number of aryl methyl sites for hydroxylation is 1. The van der Waals surface area contributed by atoms with E-state index in [9.17, 15) is 9.59 Å². The predicted molar refractivity (Wildman–Crippen MR) is 108 cm³/mol. The van der Waals surface area contributed by atoms with Crippen molar-refractivity contribution >= 4 is 27.8 Å². The van der Waals surface area contributed by atoms with Crippen LogP contribution in [0.3, 0.4) is 0 Å². The van der Waals surface area contributed by atoms with E-state index in [0.29, 0.717) is 17.6 Å². The molecular formula is C22H20N4O2. The van der Waals surface area contributed by atoms with Gasteiger partial charge in [0.25, 0.3) is 5.91 Å². The molecule has 1 saturated heterocycles. The summed E-state index contributed by atoms with van der Waals surface area (Å²) in [6.45, 7) is 0.661. The first kappa shape index (κ1) is 16.7. The maximum absolute atomic E-state index is 13.5. The summed E-state index contributed by atoms with van der Waals surface area (Å²) in [6, 6.07) is 16.7. The molecule has 0 radical (unpaired) electrons. The van der Waals surface area contributed by atoms with Crippen molar-refractivity contribution in [1.29, 1.82) is 0 Å². The lowest BCUT2D eigenvalue weighted by atomic mass is 10.1. The number of carbonyl (C=O) groups excluding carboxylic acids is 1. The minimum Gasteiger partial charge on any atom is -0.329 e. The molecule has 3 heterocycles. The van der Waals surface area contributed by atoms with Crippen molar-refractivity contribution in [2.24, 2.45) is 7.05 Å². The van der Waals surface area contributed by atoms with Crippen LogP contribution in [-0.4, -0.2) is 31.9 Å². The Labute approximate surface area is 161 Å². The summed E-state index contributed by atoms with van der Waals surface area (Å²) < 4.78 is 2.07. The number of aromatic amines is 1. The molecule has 6 heteroatoms. The molecular weight excluding hydrogens is 352 g/mol. The Balaban J connectivity index is 1.60. The van der Waals surface area contributed by atoms with E-state index in [0.717, 1.165) is 35.1 Å². The van der Waals surface area contributed by atoms with Gasteiger partial charge in [0, 0.05) is 30.6 Å². The summed E-state index contributed by atoms with van der Waals surface area (Å²) in [5, 5.41) is 0.766. The summed E-state index contributed by atoms with van der Waals surface area (Å²) in [5.74, 6) is 0.776. The first-order valence-electron chi connectivity index (χ1n) is 9.48. The number of hydrogen-bond donors (Lipinski definition) is 1. The molecule has 1 aliphatic rings. The molecule has 0 aliphatic carbocycles. The Morgan fingerprint density at radius 2 is 1.93 bits per heavy atom. The van der Waals surface area contributed by atoms with Gasteiger partial charge in [-0.25, -0.2) is 4.98 Å². The minimum atomic E-state index is -0.263. The lowest BCUT2D eigenvalue weighted by molar-refractivity contribution is 0.0730. The van der Waals surface area contributed by atoms with Gasteiger partial charge in [-0.3, -0.25) is 9.59 Å². The summed E-state index contributed by atoms with van der Waals surface area (Å²) in [6.07, 6.45) is 1.78. The number of hydrogen-bond acceptors (Lipinski definition) is 3. The minimum absolute atomic E-state index is 0.0945. The van der Waals surface area contributed by atoms with E-state index in [2.05, 4.69) is 9.55 Å². The standard InChI is InChI=1S/C22H20N4O2/c1-25-18-10-5-4-9-17(18)24-21(25)19-11-6-12-26(19)22(28)15-13-20(27)23-16-8-3-2-7-14(15)16/h2-5,7-10,13,19H,6,11-12H2,1H3,(H,23,27)/t19-/m1/s1. The molecule has 1 atom stereocenters. The molecule has 4 aromatic rings. The monoisotopic (exact) mass is 372 g/mol. The van der Waals surface area contributed by atoms with Crippen molar-refractivity contribution < 1.29 is 4.79 Å². The number of rotatable bonds is 2. The zero-order chi connectivity index (χ0) is 19.3. The van der Waals surface area contributed by atoms with Crippen LogP contribution in [-0.2, 0) is 7.05 Å². The van der Waals surface area contributed by atoms with Crippen LogP contribution in [0.4, 0.5) is 0 Å². The average Bonchev–Trinajstić information content (AvgIpc) is 3.31. The highest BCUT2D eigenvalue weighted by Gasteiger charge is 2.34. The van der Waals surface area contributed by atoms with Crippen molar-refractivity contribution in [3.8, 4) is 0 Å². The summed E-state index contributed by atoms with van der Waals surface area (Å²) >= 11 is 0. The Morgan fingerprint density at radius 1 is 1.14 bits per heavy atom. The quantitative estimate of drug-likeness (QED) is 0.586. The fraction of sp³-hybridized carbons (Fsp3) is 0.227. The Hall–Kier alpha value is -3.41. The second kappa shape index (κ2) is 6.34. The SMILES string of the molecule is Cn1c([C@H]2CCCN2C(=O)c2cc(=O)[nH]c3ccccc23)nc2ccccc21. The molecule has 5 rings (SSSR count). The average molecular weight is 372 g/mol. The highest BCUT2D eigenvalue weighted by atomic mass is 16.2. The van der Waals surface area contributed by atoms with Gasteiger partial charge in [-0.2, -0.15) is 0 Å². The van der Waals surface area contributed by atoms with Crippen LogP contribution in [0.1, 0.15) is 35.1 Å².